The zero-order valence-corrected chi connectivity index (χ0v) is 14.9. The van der Waals surface area contributed by atoms with Crippen molar-refractivity contribution in [2.75, 3.05) is 5.43 Å². The van der Waals surface area contributed by atoms with E-state index in [1.807, 2.05) is 18.2 Å². The first-order valence-corrected chi connectivity index (χ1v) is 8.95. The third-order valence-electron chi connectivity index (χ3n) is 3.93. The molecule has 0 atom stereocenters. The molecule has 132 valence electrons. The molecular weight excluding hydrogens is 360 g/mol. The number of carbonyl (C=O) groups is 1. The van der Waals surface area contributed by atoms with E-state index in [4.69, 9.17) is 5.11 Å². The predicted octanol–water partition coefficient (Wildman–Crippen LogP) is 4.50. The van der Waals surface area contributed by atoms with Crippen LogP contribution in [0.5, 0.6) is 0 Å². The molecule has 6 nitrogen and oxygen atoms in total. The molecule has 4 rings (SSSR count). The van der Waals surface area contributed by atoms with Crippen molar-refractivity contribution < 1.29 is 9.90 Å². The number of anilines is 1. The van der Waals surface area contributed by atoms with Crippen molar-refractivity contribution in [2.24, 2.45) is 5.10 Å². The number of nitrogens with one attached hydrogen (secondary N) is 1. The maximum Gasteiger partial charge on any atom is 0.335 e. The number of rotatable bonds is 5. The van der Waals surface area contributed by atoms with E-state index in [-0.39, 0.29) is 5.56 Å². The van der Waals surface area contributed by atoms with Crippen LogP contribution in [0.25, 0.3) is 20.7 Å². The van der Waals surface area contributed by atoms with Crippen molar-refractivity contribution >= 4 is 39.6 Å². The number of aromatic nitrogens is 2. The van der Waals surface area contributed by atoms with Crippen LogP contribution in [0.4, 0.5) is 5.82 Å². The normalized spacial score (nSPS) is 11.1. The topological polar surface area (TPSA) is 87.5 Å². The van der Waals surface area contributed by atoms with Gasteiger partial charge in [0.2, 0.25) is 0 Å². The highest BCUT2D eigenvalue weighted by Crippen LogP contribution is 2.34. The molecule has 2 aromatic heterocycles. The van der Waals surface area contributed by atoms with Gasteiger partial charge < -0.3 is 5.11 Å². The Hall–Kier alpha value is -3.58. The number of hydrazone groups is 1. The Bertz CT molecular complexity index is 1120. The molecule has 0 spiro atoms. The lowest BCUT2D eigenvalue weighted by atomic mass is 10.1. The number of benzene rings is 2. The summed E-state index contributed by atoms with van der Waals surface area (Å²) >= 11 is 1.60. The lowest BCUT2D eigenvalue weighted by molar-refractivity contribution is 0.0697. The van der Waals surface area contributed by atoms with Gasteiger partial charge in [-0.25, -0.2) is 14.8 Å². The third kappa shape index (κ3) is 3.68. The van der Waals surface area contributed by atoms with Gasteiger partial charge in [0.15, 0.2) is 5.82 Å². The molecule has 2 aromatic carbocycles. The summed E-state index contributed by atoms with van der Waals surface area (Å²) in [7, 11) is 0. The van der Waals surface area contributed by atoms with Gasteiger partial charge in [0.1, 0.15) is 11.2 Å². The zero-order valence-electron chi connectivity index (χ0n) is 14.0. The van der Waals surface area contributed by atoms with Gasteiger partial charge in [-0.15, -0.1) is 11.3 Å². The summed E-state index contributed by atoms with van der Waals surface area (Å²) in [6.45, 7) is 0. The Labute approximate surface area is 158 Å². The Morgan fingerprint density at radius 3 is 2.59 bits per heavy atom. The summed E-state index contributed by atoms with van der Waals surface area (Å²) < 4.78 is 0. The van der Waals surface area contributed by atoms with Crippen molar-refractivity contribution in [1.82, 2.24) is 9.97 Å². The quantitative estimate of drug-likeness (QED) is 0.397. The molecule has 0 radical (unpaired) electrons. The highest BCUT2D eigenvalue weighted by Gasteiger charge is 2.09. The van der Waals surface area contributed by atoms with Crippen molar-refractivity contribution in [3.05, 3.63) is 78.1 Å². The molecule has 0 saturated heterocycles. The standard InChI is InChI=1S/C20H14N4O2S/c25-20(26)15-8-6-13(7-9-15)11-23-24-18-16-10-17(14-4-2-1-3-5-14)27-19(16)22-12-21-18/h1-12H,(H,25,26)(H,21,22,24)/b23-11-. The van der Waals surface area contributed by atoms with Crippen LogP contribution >= 0.6 is 11.3 Å². The van der Waals surface area contributed by atoms with E-state index < -0.39 is 5.97 Å². The molecule has 4 aromatic rings. The minimum atomic E-state index is -0.952. The monoisotopic (exact) mass is 374 g/mol. The Morgan fingerprint density at radius 2 is 1.85 bits per heavy atom. The fraction of sp³-hybridized carbons (Fsp3) is 0. The molecule has 2 heterocycles. The predicted molar refractivity (Wildman–Crippen MR) is 107 cm³/mol. The number of fused-ring (bicyclic) bond motifs is 1. The number of aromatic carboxylic acids is 1. The molecule has 7 heteroatoms. The number of hydrogen-bond donors (Lipinski definition) is 2. The minimum Gasteiger partial charge on any atom is -0.478 e. The Balaban J connectivity index is 1.57. The first kappa shape index (κ1) is 16.9. The summed E-state index contributed by atoms with van der Waals surface area (Å²) in [5.74, 6) is -0.330. The number of thiophene rings is 1. The fourth-order valence-electron chi connectivity index (χ4n) is 2.57. The second kappa shape index (κ2) is 7.35. The summed E-state index contributed by atoms with van der Waals surface area (Å²) in [5, 5.41) is 14.0. The van der Waals surface area contributed by atoms with Gasteiger partial charge in [-0.05, 0) is 29.3 Å². The molecule has 0 aliphatic heterocycles. The van der Waals surface area contributed by atoms with E-state index in [0.717, 1.165) is 26.2 Å². The molecule has 2 N–H and O–H groups in total. The van der Waals surface area contributed by atoms with Gasteiger partial charge in [0.25, 0.3) is 0 Å². The molecular formula is C20H14N4O2S. The maximum atomic E-state index is 10.9. The van der Waals surface area contributed by atoms with E-state index in [1.54, 1.807) is 29.7 Å². The first-order valence-electron chi connectivity index (χ1n) is 8.13. The first-order chi connectivity index (χ1) is 13.2. The lowest BCUT2D eigenvalue weighted by Gasteiger charge is -2.00. The van der Waals surface area contributed by atoms with Crippen LogP contribution in [-0.2, 0) is 0 Å². The largest absolute Gasteiger partial charge is 0.478 e. The second-order valence-electron chi connectivity index (χ2n) is 5.71. The van der Waals surface area contributed by atoms with Gasteiger partial charge in [-0.3, -0.25) is 5.43 Å². The zero-order chi connectivity index (χ0) is 18.6. The van der Waals surface area contributed by atoms with Crippen molar-refractivity contribution in [1.29, 1.82) is 0 Å². The van der Waals surface area contributed by atoms with E-state index in [0.29, 0.717) is 5.82 Å². The Kier molecular flexibility index (Phi) is 4.59. The summed E-state index contributed by atoms with van der Waals surface area (Å²) in [4.78, 5) is 21.5. The van der Waals surface area contributed by atoms with Crippen LogP contribution in [0.15, 0.2) is 72.1 Å². The number of carboxylic acids is 1. The van der Waals surface area contributed by atoms with Crippen molar-refractivity contribution in [3.63, 3.8) is 0 Å². The van der Waals surface area contributed by atoms with Crippen LogP contribution in [0.3, 0.4) is 0 Å². The van der Waals surface area contributed by atoms with Crippen LogP contribution in [0.2, 0.25) is 0 Å². The van der Waals surface area contributed by atoms with Crippen LogP contribution in [0, 0.1) is 0 Å². The van der Waals surface area contributed by atoms with E-state index >= 15 is 0 Å². The number of nitrogens with zero attached hydrogens (tertiary/aromatic N) is 3. The summed E-state index contributed by atoms with van der Waals surface area (Å²) in [5.41, 5.74) is 5.11. The van der Waals surface area contributed by atoms with Crippen LogP contribution in [-0.4, -0.2) is 27.3 Å². The SMILES string of the molecule is O=C(O)c1ccc(/C=N\Nc2ncnc3sc(-c4ccccc4)cc23)cc1. The van der Waals surface area contributed by atoms with Gasteiger partial charge in [-0.2, -0.15) is 5.10 Å². The molecule has 0 aliphatic carbocycles. The summed E-state index contributed by atoms with van der Waals surface area (Å²) in [6, 6.07) is 18.6. The third-order valence-corrected chi connectivity index (χ3v) is 5.02. The summed E-state index contributed by atoms with van der Waals surface area (Å²) in [6.07, 6.45) is 3.12. The molecule has 0 bridgehead atoms. The average Bonchev–Trinajstić information content (AvgIpc) is 3.14. The van der Waals surface area contributed by atoms with E-state index in [1.165, 1.54) is 18.5 Å². The minimum absolute atomic E-state index is 0.240. The molecule has 0 unspecified atom stereocenters. The van der Waals surface area contributed by atoms with Crippen molar-refractivity contribution in [3.8, 4) is 10.4 Å². The van der Waals surface area contributed by atoms with E-state index in [9.17, 15) is 4.79 Å². The highest BCUT2D eigenvalue weighted by atomic mass is 32.1. The lowest BCUT2D eigenvalue weighted by Crippen LogP contribution is -1.97. The molecule has 0 aliphatic rings. The van der Waals surface area contributed by atoms with E-state index in [2.05, 4.69) is 38.7 Å². The maximum absolute atomic E-state index is 10.9. The number of hydrogen-bond acceptors (Lipinski definition) is 6. The highest BCUT2D eigenvalue weighted by molar-refractivity contribution is 7.21. The van der Waals surface area contributed by atoms with Crippen LogP contribution in [0.1, 0.15) is 15.9 Å². The Morgan fingerprint density at radius 1 is 1.07 bits per heavy atom. The smallest absolute Gasteiger partial charge is 0.335 e. The van der Waals surface area contributed by atoms with Crippen LogP contribution < -0.4 is 5.43 Å². The van der Waals surface area contributed by atoms with Gasteiger partial charge in [0, 0.05) is 4.88 Å². The average molecular weight is 374 g/mol. The van der Waals surface area contributed by atoms with Gasteiger partial charge in [0.05, 0.1) is 17.2 Å². The molecule has 0 saturated carbocycles. The van der Waals surface area contributed by atoms with Gasteiger partial charge >= 0.3 is 5.97 Å². The van der Waals surface area contributed by atoms with Gasteiger partial charge in [-0.1, -0.05) is 42.5 Å². The molecule has 27 heavy (non-hydrogen) atoms. The molecule has 0 amide bonds. The van der Waals surface area contributed by atoms with Crippen molar-refractivity contribution in [2.45, 2.75) is 0 Å². The molecule has 0 fully saturated rings. The second-order valence-corrected chi connectivity index (χ2v) is 6.75. The number of carboxylic acid groups (broad SMARTS) is 1. The fourth-order valence-corrected chi connectivity index (χ4v) is 3.57.